The molecule has 27 heavy (non-hydrogen) atoms. The number of methoxy groups -OCH3 is 1. The van der Waals surface area contributed by atoms with Gasteiger partial charge in [-0.15, -0.1) is 0 Å². The van der Waals surface area contributed by atoms with Gasteiger partial charge in [-0.2, -0.15) is 0 Å². The number of benzene rings is 1. The molecule has 0 bridgehead atoms. The number of carbonyl (C=O) groups excluding carboxylic acids is 2. The molecule has 1 aromatic carbocycles. The molecular weight excluding hydrogens is 344 g/mol. The summed E-state index contributed by atoms with van der Waals surface area (Å²) in [5.41, 5.74) is 1.32. The first-order chi connectivity index (χ1) is 13.1. The van der Waals surface area contributed by atoms with E-state index in [0.717, 1.165) is 50.9 Å². The fraction of sp³-hybridized carbons (Fsp3) is 0.619. The fourth-order valence-corrected chi connectivity index (χ4v) is 4.68. The van der Waals surface area contributed by atoms with Gasteiger partial charge in [0.15, 0.2) is 0 Å². The lowest BCUT2D eigenvalue weighted by atomic mass is 9.81. The molecule has 2 amide bonds. The van der Waals surface area contributed by atoms with E-state index in [4.69, 9.17) is 9.47 Å². The summed E-state index contributed by atoms with van der Waals surface area (Å²) in [5.74, 6) is 0.213. The molecule has 1 unspecified atom stereocenters. The molecule has 4 rings (SSSR count). The number of nitrogens with zero attached hydrogens (tertiary/aromatic N) is 2. The zero-order chi connectivity index (χ0) is 18.9. The molecule has 0 saturated carbocycles. The third-order valence-corrected chi connectivity index (χ3v) is 6.27. The van der Waals surface area contributed by atoms with Crippen LogP contribution < -0.4 is 4.90 Å². The minimum atomic E-state index is -0.232. The van der Waals surface area contributed by atoms with Gasteiger partial charge in [-0.25, -0.2) is 0 Å². The first kappa shape index (κ1) is 18.4. The predicted octanol–water partition coefficient (Wildman–Crippen LogP) is 2.61. The number of hydrogen-bond donors (Lipinski definition) is 0. The molecule has 3 saturated heterocycles. The van der Waals surface area contributed by atoms with Crippen LogP contribution in [0.15, 0.2) is 24.3 Å². The smallest absolute Gasteiger partial charge is 0.253 e. The number of likely N-dealkylation sites (tertiary alicyclic amines) is 1. The highest BCUT2D eigenvalue weighted by atomic mass is 16.5. The number of ether oxygens (including phenoxy) is 2. The van der Waals surface area contributed by atoms with Gasteiger partial charge in [-0.05, 0) is 56.4 Å². The van der Waals surface area contributed by atoms with E-state index in [1.165, 1.54) is 0 Å². The van der Waals surface area contributed by atoms with Crippen LogP contribution in [0.1, 0.15) is 48.9 Å². The van der Waals surface area contributed by atoms with E-state index in [1.54, 1.807) is 12.0 Å². The van der Waals surface area contributed by atoms with E-state index in [0.29, 0.717) is 25.1 Å². The van der Waals surface area contributed by atoms with Gasteiger partial charge in [-0.1, -0.05) is 0 Å². The molecule has 146 valence electrons. The summed E-state index contributed by atoms with van der Waals surface area (Å²) in [6.07, 6.45) is 5.34. The van der Waals surface area contributed by atoms with Crippen LogP contribution in [0.5, 0.6) is 0 Å². The van der Waals surface area contributed by atoms with Crippen LogP contribution in [0.25, 0.3) is 0 Å². The number of amides is 2. The molecule has 1 spiro atoms. The minimum absolute atomic E-state index is 0.0499. The second-order valence-electron chi connectivity index (χ2n) is 7.77. The Morgan fingerprint density at radius 1 is 1.15 bits per heavy atom. The average Bonchev–Trinajstić information content (AvgIpc) is 3.14. The van der Waals surface area contributed by atoms with Gasteiger partial charge in [0.05, 0.1) is 11.7 Å². The Morgan fingerprint density at radius 3 is 2.52 bits per heavy atom. The van der Waals surface area contributed by atoms with Crippen molar-refractivity contribution in [1.29, 1.82) is 0 Å². The topological polar surface area (TPSA) is 59.1 Å². The van der Waals surface area contributed by atoms with E-state index >= 15 is 0 Å². The average molecular weight is 372 g/mol. The Bertz CT molecular complexity index is 695. The number of hydrogen-bond acceptors (Lipinski definition) is 4. The summed E-state index contributed by atoms with van der Waals surface area (Å²) in [7, 11) is 1.76. The molecule has 0 aliphatic carbocycles. The molecule has 6 heteroatoms. The summed E-state index contributed by atoms with van der Waals surface area (Å²) < 4.78 is 11.8. The lowest BCUT2D eigenvalue weighted by Crippen LogP contribution is -2.56. The summed E-state index contributed by atoms with van der Waals surface area (Å²) in [4.78, 5) is 28.5. The number of piperidine rings is 1. The summed E-state index contributed by atoms with van der Waals surface area (Å²) in [6, 6.07) is 7.44. The highest BCUT2D eigenvalue weighted by Gasteiger charge is 2.45. The van der Waals surface area contributed by atoms with E-state index in [9.17, 15) is 9.59 Å². The summed E-state index contributed by atoms with van der Waals surface area (Å²) in [6.45, 7) is 2.92. The largest absolute Gasteiger partial charge is 0.378 e. The van der Waals surface area contributed by atoms with Crippen molar-refractivity contribution in [2.75, 3.05) is 38.3 Å². The fourth-order valence-electron chi connectivity index (χ4n) is 4.68. The third-order valence-electron chi connectivity index (χ3n) is 6.27. The van der Waals surface area contributed by atoms with Crippen molar-refractivity contribution >= 4 is 17.5 Å². The lowest BCUT2D eigenvalue weighted by molar-refractivity contribution is -0.183. The van der Waals surface area contributed by atoms with E-state index < -0.39 is 0 Å². The van der Waals surface area contributed by atoms with Crippen LogP contribution in [-0.4, -0.2) is 61.8 Å². The van der Waals surface area contributed by atoms with Crippen molar-refractivity contribution < 1.29 is 19.1 Å². The zero-order valence-corrected chi connectivity index (χ0v) is 16.0. The Kier molecular flexibility index (Phi) is 5.19. The maximum Gasteiger partial charge on any atom is 0.253 e. The van der Waals surface area contributed by atoms with Crippen molar-refractivity contribution in [1.82, 2.24) is 4.90 Å². The first-order valence-corrected chi connectivity index (χ1v) is 9.99. The van der Waals surface area contributed by atoms with Gasteiger partial charge in [-0.3, -0.25) is 9.59 Å². The van der Waals surface area contributed by atoms with Gasteiger partial charge in [0.2, 0.25) is 5.91 Å². The Balaban J connectivity index is 1.40. The van der Waals surface area contributed by atoms with E-state index in [2.05, 4.69) is 0 Å². The van der Waals surface area contributed by atoms with Crippen molar-refractivity contribution in [2.24, 2.45) is 0 Å². The zero-order valence-electron chi connectivity index (χ0n) is 16.0. The standard InChI is InChI=1S/C21H28N2O4/c1-26-18-4-3-15-27-21(18)10-13-22(14-11-21)20(25)16-6-8-17(9-7-16)23-12-2-5-19(23)24/h6-9,18H,2-5,10-15H2,1H3. The maximum atomic E-state index is 12.9. The highest BCUT2D eigenvalue weighted by molar-refractivity contribution is 5.97. The van der Waals surface area contributed by atoms with Crippen LogP contribution in [0.4, 0.5) is 5.69 Å². The second kappa shape index (κ2) is 7.60. The monoisotopic (exact) mass is 372 g/mol. The molecule has 1 atom stereocenters. The second-order valence-corrected chi connectivity index (χ2v) is 7.77. The summed E-state index contributed by atoms with van der Waals surface area (Å²) >= 11 is 0. The Hall–Kier alpha value is -1.92. The molecule has 3 aliphatic heterocycles. The van der Waals surface area contributed by atoms with Gasteiger partial charge >= 0.3 is 0 Å². The third kappa shape index (κ3) is 3.48. The van der Waals surface area contributed by atoms with E-state index in [1.807, 2.05) is 29.2 Å². The Labute approximate surface area is 160 Å². The molecule has 0 radical (unpaired) electrons. The predicted molar refractivity (Wildman–Crippen MR) is 102 cm³/mol. The van der Waals surface area contributed by atoms with Crippen molar-refractivity contribution in [3.05, 3.63) is 29.8 Å². The minimum Gasteiger partial charge on any atom is -0.378 e. The molecule has 3 heterocycles. The molecule has 3 fully saturated rings. The van der Waals surface area contributed by atoms with Gasteiger partial charge in [0.1, 0.15) is 0 Å². The van der Waals surface area contributed by atoms with Crippen LogP contribution in [0.2, 0.25) is 0 Å². The molecule has 1 aromatic rings. The quantitative estimate of drug-likeness (QED) is 0.818. The van der Waals surface area contributed by atoms with Crippen LogP contribution >= 0.6 is 0 Å². The van der Waals surface area contributed by atoms with Crippen LogP contribution in [0, 0.1) is 0 Å². The van der Waals surface area contributed by atoms with Crippen molar-refractivity contribution in [3.63, 3.8) is 0 Å². The SMILES string of the molecule is COC1CCCOC12CCN(C(=O)c1ccc(N3CCCC3=O)cc1)CC2. The van der Waals surface area contributed by atoms with Crippen LogP contribution in [0.3, 0.4) is 0 Å². The van der Waals surface area contributed by atoms with Crippen molar-refractivity contribution in [3.8, 4) is 0 Å². The number of anilines is 1. The lowest BCUT2D eigenvalue weighted by Gasteiger charge is -2.48. The van der Waals surface area contributed by atoms with Gasteiger partial charge in [0.25, 0.3) is 5.91 Å². The van der Waals surface area contributed by atoms with Crippen molar-refractivity contribution in [2.45, 2.75) is 50.2 Å². The number of carbonyl (C=O) groups is 2. The summed E-state index contributed by atoms with van der Waals surface area (Å²) in [5, 5.41) is 0. The molecule has 3 aliphatic rings. The molecule has 0 aromatic heterocycles. The molecule has 6 nitrogen and oxygen atoms in total. The highest BCUT2D eigenvalue weighted by Crippen LogP contribution is 2.37. The van der Waals surface area contributed by atoms with Gasteiger partial charge < -0.3 is 19.3 Å². The van der Waals surface area contributed by atoms with Gasteiger partial charge in [0, 0.05) is 51.0 Å². The Morgan fingerprint density at radius 2 is 1.89 bits per heavy atom. The normalized spacial score (nSPS) is 25.2. The molecule has 0 N–H and O–H groups in total. The maximum absolute atomic E-state index is 12.9. The molecular formula is C21H28N2O4. The van der Waals surface area contributed by atoms with E-state index in [-0.39, 0.29) is 23.5 Å². The number of rotatable bonds is 3. The van der Waals surface area contributed by atoms with Crippen LogP contribution in [-0.2, 0) is 14.3 Å². The first-order valence-electron chi connectivity index (χ1n) is 9.99.